The summed E-state index contributed by atoms with van der Waals surface area (Å²) in [6.45, 7) is 1.46. The highest BCUT2D eigenvalue weighted by atomic mass is 35.5. The smallest absolute Gasteiger partial charge is 0.321 e. The number of nitrogens with zero attached hydrogens (tertiary/aromatic N) is 3. The van der Waals surface area contributed by atoms with Crippen LogP contribution in [-0.2, 0) is 4.79 Å². The van der Waals surface area contributed by atoms with Gasteiger partial charge in [-0.15, -0.1) is 0 Å². The van der Waals surface area contributed by atoms with E-state index in [1.165, 1.54) is 25.8 Å². The maximum atomic E-state index is 10.9. The molecule has 0 aliphatic rings. The number of hydrogen-bond donors (Lipinski definition) is 1. The van der Waals surface area contributed by atoms with Crippen LogP contribution >= 0.6 is 23.4 Å². The second-order valence-corrected chi connectivity index (χ2v) is 5.06. The Morgan fingerprint density at radius 2 is 1.95 bits per heavy atom. The first-order chi connectivity index (χ1) is 9.56. The molecular weight excluding hydrogens is 300 g/mol. The minimum absolute atomic E-state index is 0.0780. The number of carbonyl (C=O) groups excluding carboxylic acids is 1. The summed E-state index contributed by atoms with van der Waals surface area (Å²) in [5.74, 6) is -0.112. The van der Waals surface area contributed by atoms with Crippen molar-refractivity contribution in [1.29, 1.82) is 0 Å². The molecule has 6 nitrogen and oxygen atoms in total. The maximum absolute atomic E-state index is 10.9. The topological polar surface area (TPSA) is 77.0 Å². The van der Waals surface area contributed by atoms with E-state index in [2.05, 4.69) is 20.3 Å². The molecule has 0 fully saturated rings. The van der Waals surface area contributed by atoms with E-state index in [1.807, 2.05) is 12.1 Å². The number of amides is 1. The molecule has 2 rings (SSSR count). The molecule has 0 unspecified atom stereocenters. The molecule has 0 spiro atoms. The number of halogens is 1. The fourth-order valence-electron chi connectivity index (χ4n) is 1.37. The van der Waals surface area contributed by atoms with Crippen molar-refractivity contribution in [2.75, 3.05) is 12.4 Å². The number of aromatic nitrogens is 3. The highest BCUT2D eigenvalue weighted by Crippen LogP contribution is 2.27. The Balaban J connectivity index is 2.13. The maximum Gasteiger partial charge on any atom is 0.321 e. The van der Waals surface area contributed by atoms with Crippen molar-refractivity contribution in [3.63, 3.8) is 0 Å². The van der Waals surface area contributed by atoms with Crippen LogP contribution in [0.15, 0.2) is 34.3 Å². The molecular formula is C12H11ClN4O2S. The first kappa shape index (κ1) is 14.5. The largest absolute Gasteiger partial charge is 0.467 e. The quantitative estimate of drug-likeness (QED) is 0.935. The Hall–Kier alpha value is -1.86. The number of anilines is 1. The summed E-state index contributed by atoms with van der Waals surface area (Å²) in [5, 5.41) is 3.21. The predicted molar refractivity (Wildman–Crippen MR) is 76.3 cm³/mol. The van der Waals surface area contributed by atoms with E-state index in [0.29, 0.717) is 5.16 Å². The van der Waals surface area contributed by atoms with Crippen LogP contribution in [0.2, 0.25) is 5.28 Å². The number of hydrogen-bond acceptors (Lipinski definition) is 6. The average Bonchev–Trinajstić information content (AvgIpc) is 2.39. The minimum Gasteiger partial charge on any atom is -0.467 e. The molecule has 8 heteroatoms. The summed E-state index contributed by atoms with van der Waals surface area (Å²) in [4.78, 5) is 23.7. The summed E-state index contributed by atoms with van der Waals surface area (Å²) < 4.78 is 4.93. The Morgan fingerprint density at radius 1 is 1.25 bits per heavy atom. The van der Waals surface area contributed by atoms with Crippen LogP contribution in [-0.4, -0.2) is 28.0 Å². The zero-order valence-corrected chi connectivity index (χ0v) is 12.3. The molecule has 0 saturated carbocycles. The summed E-state index contributed by atoms with van der Waals surface area (Å²) >= 11 is 7.09. The van der Waals surface area contributed by atoms with Gasteiger partial charge >= 0.3 is 6.01 Å². The lowest BCUT2D eigenvalue weighted by atomic mass is 10.3. The van der Waals surface area contributed by atoms with Crippen LogP contribution in [0.5, 0.6) is 6.01 Å². The first-order valence-electron chi connectivity index (χ1n) is 5.58. The molecule has 0 bridgehead atoms. The van der Waals surface area contributed by atoms with Crippen LogP contribution < -0.4 is 10.1 Å². The van der Waals surface area contributed by atoms with Gasteiger partial charge in [0.25, 0.3) is 0 Å². The van der Waals surface area contributed by atoms with Crippen LogP contribution in [0, 0.1) is 0 Å². The molecule has 1 aromatic heterocycles. The molecule has 0 radical (unpaired) electrons. The van der Waals surface area contributed by atoms with E-state index in [4.69, 9.17) is 16.3 Å². The normalized spacial score (nSPS) is 10.2. The third-order valence-corrected chi connectivity index (χ3v) is 3.18. The highest BCUT2D eigenvalue weighted by molar-refractivity contribution is 7.99. The molecule has 1 amide bonds. The van der Waals surface area contributed by atoms with Gasteiger partial charge in [-0.1, -0.05) is 0 Å². The first-order valence-corrected chi connectivity index (χ1v) is 6.77. The lowest BCUT2D eigenvalue weighted by molar-refractivity contribution is -0.114. The number of ether oxygens (including phenoxy) is 1. The molecule has 104 valence electrons. The van der Waals surface area contributed by atoms with Gasteiger partial charge in [0.1, 0.15) is 0 Å². The van der Waals surface area contributed by atoms with Crippen molar-refractivity contribution in [1.82, 2.24) is 15.0 Å². The molecule has 0 aliphatic heterocycles. The number of nitrogens with one attached hydrogen (secondary N) is 1. The zero-order chi connectivity index (χ0) is 14.5. The minimum atomic E-state index is -0.112. The lowest BCUT2D eigenvalue weighted by Gasteiger charge is -2.04. The van der Waals surface area contributed by atoms with Gasteiger partial charge in [0, 0.05) is 17.5 Å². The van der Waals surface area contributed by atoms with Crippen molar-refractivity contribution >= 4 is 35.0 Å². The summed E-state index contributed by atoms with van der Waals surface area (Å²) in [6.07, 6.45) is 0. The summed E-state index contributed by atoms with van der Waals surface area (Å²) in [7, 11) is 1.46. The van der Waals surface area contributed by atoms with E-state index in [9.17, 15) is 4.79 Å². The fraction of sp³-hybridized carbons (Fsp3) is 0.167. The van der Waals surface area contributed by atoms with Crippen LogP contribution in [0.3, 0.4) is 0 Å². The van der Waals surface area contributed by atoms with Crippen molar-refractivity contribution in [2.24, 2.45) is 0 Å². The number of rotatable bonds is 4. The van der Waals surface area contributed by atoms with Gasteiger partial charge in [0.05, 0.1) is 7.11 Å². The third-order valence-electron chi connectivity index (χ3n) is 2.13. The van der Waals surface area contributed by atoms with Gasteiger partial charge in [-0.25, -0.2) is 0 Å². The van der Waals surface area contributed by atoms with E-state index in [0.717, 1.165) is 10.6 Å². The van der Waals surface area contributed by atoms with Crippen LogP contribution in [0.1, 0.15) is 6.92 Å². The van der Waals surface area contributed by atoms with Gasteiger partial charge in [0.15, 0.2) is 5.16 Å². The van der Waals surface area contributed by atoms with E-state index < -0.39 is 0 Å². The molecule has 0 aliphatic carbocycles. The van der Waals surface area contributed by atoms with Gasteiger partial charge in [-0.2, -0.15) is 15.0 Å². The monoisotopic (exact) mass is 310 g/mol. The van der Waals surface area contributed by atoms with E-state index in [-0.39, 0.29) is 17.2 Å². The Labute approximate surface area is 124 Å². The molecule has 20 heavy (non-hydrogen) atoms. The lowest BCUT2D eigenvalue weighted by Crippen LogP contribution is -2.05. The number of carbonyl (C=O) groups is 1. The Bertz CT molecular complexity index is 621. The molecule has 0 atom stereocenters. The molecule has 1 N–H and O–H groups in total. The summed E-state index contributed by atoms with van der Waals surface area (Å²) in [5.41, 5.74) is 0.730. The average molecular weight is 311 g/mol. The van der Waals surface area contributed by atoms with E-state index >= 15 is 0 Å². The highest BCUT2D eigenvalue weighted by Gasteiger charge is 2.07. The third kappa shape index (κ3) is 4.07. The number of methoxy groups -OCH3 is 1. The Kier molecular flexibility index (Phi) is 4.75. The summed E-state index contributed by atoms with van der Waals surface area (Å²) in [6, 6.07) is 7.45. The molecule has 2 aromatic rings. The van der Waals surface area contributed by atoms with Crippen molar-refractivity contribution in [3.05, 3.63) is 29.5 Å². The van der Waals surface area contributed by atoms with Crippen LogP contribution in [0.25, 0.3) is 0 Å². The van der Waals surface area contributed by atoms with Crippen molar-refractivity contribution < 1.29 is 9.53 Å². The van der Waals surface area contributed by atoms with Gasteiger partial charge < -0.3 is 10.1 Å². The second-order valence-electron chi connectivity index (χ2n) is 3.68. The number of benzene rings is 1. The fourth-order valence-corrected chi connectivity index (χ4v) is 2.31. The SMILES string of the molecule is COc1nc(Cl)nc(Sc2ccc(NC(C)=O)cc2)n1. The zero-order valence-electron chi connectivity index (χ0n) is 10.8. The Morgan fingerprint density at radius 3 is 2.55 bits per heavy atom. The second kappa shape index (κ2) is 6.53. The molecule has 1 heterocycles. The van der Waals surface area contributed by atoms with Crippen LogP contribution in [0.4, 0.5) is 5.69 Å². The molecule has 1 aromatic carbocycles. The van der Waals surface area contributed by atoms with Gasteiger partial charge in [-0.05, 0) is 47.6 Å². The van der Waals surface area contributed by atoms with Gasteiger partial charge in [-0.3, -0.25) is 4.79 Å². The van der Waals surface area contributed by atoms with E-state index in [1.54, 1.807) is 12.1 Å². The van der Waals surface area contributed by atoms with Gasteiger partial charge in [0.2, 0.25) is 11.2 Å². The van der Waals surface area contributed by atoms with Crippen molar-refractivity contribution in [3.8, 4) is 6.01 Å². The van der Waals surface area contributed by atoms with Crippen molar-refractivity contribution in [2.45, 2.75) is 17.0 Å². The molecule has 0 saturated heterocycles. The predicted octanol–water partition coefficient (Wildman–Crippen LogP) is 2.64. The standard InChI is InChI=1S/C12H11ClN4O2S/c1-7(18)14-8-3-5-9(6-4-8)20-12-16-10(13)15-11(17-12)19-2/h3-6H,1-2H3,(H,14,18).